The Kier molecular flexibility index (Phi) is 4.89. The summed E-state index contributed by atoms with van der Waals surface area (Å²) >= 11 is 3.69. The van der Waals surface area contributed by atoms with Crippen LogP contribution in [0.3, 0.4) is 0 Å². The number of benzene rings is 1. The molecule has 0 saturated carbocycles. The van der Waals surface area contributed by atoms with E-state index in [4.69, 9.17) is 0 Å². The molecule has 0 aliphatic carbocycles. The number of carbonyl (C=O) groups is 1. The topological polar surface area (TPSA) is 20.3 Å². The van der Waals surface area contributed by atoms with Crippen LogP contribution < -0.4 is 0 Å². The maximum Gasteiger partial charge on any atom is 0.231 e. The van der Waals surface area contributed by atoms with Crippen LogP contribution in [0.15, 0.2) is 42.5 Å². The Balaban J connectivity index is 1.83. The Morgan fingerprint density at radius 1 is 1.27 bits per heavy atom. The molecule has 2 aromatic rings. The first-order chi connectivity index (χ1) is 10.7. The van der Waals surface area contributed by atoms with E-state index in [-0.39, 0.29) is 17.2 Å². The van der Waals surface area contributed by atoms with E-state index >= 15 is 0 Å². The molecule has 1 fully saturated rings. The molecule has 116 valence electrons. The number of nitrogens with zero attached hydrogens (tertiary/aromatic N) is 1. The SMILES string of the molecule is CC[C@H](C(=O)N1CCS[C@H]1c1ccc(C)s1)c1ccccc1. The van der Waals surface area contributed by atoms with Gasteiger partial charge in [0.05, 0.1) is 5.92 Å². The highest BCUT2D eigenvalue weighted by Gasteiger charge is 2.35. The second kappa shape index (κ2) is 6.88. The molecule has 2 atom stereocenters. The molecule has 1 aromatic carbocycles. The summed E-state index contributed by atoms with van der Waals surface area (Å²) in [6, 6.07) is 14.5. The van der Waals surface area contributed by atoms with Crippen molar-refractivity contribution in [2.24, 2.45) is 0 Å². The lowest BCUT2D eigenvalue weighted by molar-refractivity contribution is -0.133. The summed E-state index contributed by atoms with van der Waals surface area (Å²) in [6.07, 6.45) is 0.847. The predicted octanol–water partition coefficient (Wildman–Crippen LogP) is 4.82. The maximum absolute atomic E-state index is 13.1. The summed E-state index contributed by atoms with van der Waals surface area (Å²) in [5, 5.41) is 0.198. The third-order valence-corrected chi connectivity index (χ3v) is 6.53. The highest BCUT2D eigenvalue weighted by atomic mass is 32.2. The highest BCUT2D eigenvalue weighted by Crippen LogP contribution is 2.42. The van der Waals surface area contributed by atoms with Gasteiger partial charge in [-0.05, 0) is 31.0 Å². The van der Waals surface area contributed by atoms with Crippen molar-refractivity contribution in [1.29, 1.82) is 0 Å². The van der Waals surface area contributed by atoms with Gasteiger partial charge in [0.1, 0.15) is 5.37 Å². The van der Waals surface area contributed by atoms with E-state index in [9.17, 15) is 4.79 Å². The number of carbonyl (C=O) groups excluding carboxylic acids is 1. The average Bonchev–Trinajstić information content (AvgIpc) is 3.17. The van der Waals surface area contributed by atoms with E-state index in [1.807, 2.05) is 30.0 Å². The van der Waals surface area contributed by atoms with E-state index in [1.165, 1.54) is 9.75 Å². The van der Waals surface area contributed by atoms with E-state index < -0.39 is 0 Å². The molecular weight excluding hydrogens is 310 g/mol. The Morgan fingerprint density at radius 3 is 2.68 bits per heavy atom. The summed E-state index contributed by atoms with van der Waals surface area (Å²) in [6.45, 7) is 5.08. The molecule has 1 aliphatic heterocycles. The lowest BCUT2D eigenvalue weighted by Crippen LogP contribution is -2.34. The molecule has 0 unspecified atom stereocenters. The molecule has 0 N–H and O–H groups in total. The van der Waals surface area contributed by atoms with Gasteiger partial charge in [-0.3, -0.25) is 4.79 Å². The van der Waals surface area contributed by atoms with Crippen LogP contribution in [-0.4, -0.2) is 23.1 Å². The van der Waals surface area contributed by atoms with E-state index in [1.54, 1.807) is 11.3 Å². The number of thiophene rings is 1. The van der Waals surface area contributed by atoms with Crippen molar-refractivity contribution in [3.63, 3.8) is 0 Å². The van der Waals surface area contributed by atoms with E-state index in [2.05, 4.69) is 43.0 Å². The third-order valence-electron chi connectivity index (χ3n) is 4.09. The second-order valence-corrected chi connectivity index (χ2v) is 8.08. The van der Waals surface area contributed by atoms with Crippen molar-refractivity contribution >= 4 is 29.0 Å². The molecule has 1 aromatic heterocycles. The van der Waals surface area contributed by atoms with Crippen LogP contribution in [0.4, 0.5) is 0 Å². The van der Waals surface area contributed by atoms with Gasteiger partial charge < -0.3 is 4.90 Å². The first-order valence-corrected chi connectivity index (χ1v) is 9.60. The number of hydrogen-bond donors (Lipinski definition) is 0. The molecule has 1 saturated heterocycles. The van der Waals surface area contributed by atoms with Crippen molar-refractivity contribution in [1.82, 2.24) is 4.90 Å². The number of rotatable bonds is 4. The molecular formula is C18H21NOS2. The van der Waals surface area contributed by atoms with Crippen LogP contribution in [-0.2, 0) is 4.79 Å². The third kappa shape index (κ3) is 3.08. The first kappa shape index (κ1) is 15.6. The summed E-state index contributed by atoms with van der Waals surface area (Å²) in [4.78, 5) is 17.8. The molecule has 22 heavy (non-hydrogen) atoms. The van der Waals surface area contributed by atoms with Crippen molar-refractivity contribution in [3.05, 3.63) is 57.8 Å². The standard InChI is InChI=1S/C18H21NOS2/c1-3-15(14-7-5-4-6-8-14)17(20)19-11-12-21-18(19)16-10-9-13(2)22-16/h4-10,15,18H,3,11-12H2,1-2H3/t15-,18-/m0/s1. The van der Waals surface area contributed by atoms with Gasteiger partial charge in [0.15, 0.2) is 0 Å². The highest BCUT2D eigenvalue weighted by molar-refractivity contribution is 7.99. The monoisotopic (exact) mass is 331 g/mol. The predicted molar refractivity (Wildman–Crippen MR) is 95.4 cm³/mol. The Labute approximate surface area is 140 Å². The van der Waals surface area contributed by atoms with Gasteiger partial charge >= 0.3 is 0 Å². The molecule has 2 heterocycles. The molecule has 1 amide bonds. The smallest absolute Gasteiger partial charge is 0.231 e. The summed E-state index contributed by atoms with van der Waals surface area (Å²) < 4.78 is 0. The summed E-state index contributed by atoms with van der Waals surface area (Å²) in [7, 11) is 0. The van der Waals surface area contributed by atoms with Crippen LogP contribution in [0.1, 0.15) is 40.0 Å². The number of amides is 1. The lowest BCUT2D eigenvalue weighted by atomic mass is 9.95. The van der Waals surface area contributed by atoms with Gasteiger partial charge in [-0.15, -0.1) is 23.1 Å². The van der Waals surface area contributed by atoms with Crippen LogP contribution in [0.5, 0.6) is 0 Å². The van der Waals surface area contributed by atoms with Gasteiger partial charge in [0.2, 0.25) is 5.91 Å². The van der Waals surface area contributed by atoms with Crippen molar-refractivity contribution in [2.75, 3.05) is 12.3 Å². The van der Waals surface area contributed by atoms with Crippen LogP contribution in [0.2, 0.25) is 0 Å². The Morgan fingerprint density at radius 2 is 2.05 bits per heavy atom. The van der Waals surface area contributed by atoms with Gasteiger partial charge in [0.25, 0.3) is 0 Å². The zero-order valence-corrected chi connectivity index (χ0v) is 14.6. The molecule has 0 spiro atoms. The first-order valence-electron chi connectivity index (χ1n) is 7.74. The minimum atomic E-state index is -0.0246. The fraction of sp³-hybridized carbons (Fsp3) is 0.389. The number of aryl methyl sites for hydroxylation is 1. The van der Waals surface area contributed by atoms with Gasteiger partial charge in [0, 0.05) is 22.1 Å². The average molecular weight is 332 g/mol. The van der Waals surface area contributed by atoms with Crippen LogP contribution >= 0.6 is 23.1 Å². The second-order valence-electron chi connectivity index (χ2n) is 5.57. The molecule has 0 radical (unpaired) electrons. The molecule has 2 nitrogen and oxygen atoms in total. The van der Waals surface area contributed by atoms with E-state index in [0.717, 1.165) is 24.3 Å². The van der Waals surface area contributed by atoms with E-state index in [0.29, 0.717) is 0 Å². The largest absolute Gasteiger partial charge is 0.324 e. The minimum absolute atomic E-state index is 0.0246. The summed E-state index contributed by atoms with van der Waals surface area (Å²) in [5.74, 6) is 1.27. The zero-order valence-electron chi connectivity index (χ0n) is 13.0. The number of hydrogen-bond acceptors (Lipinski definition) is 3. The Hall–Kier alpha value is -1.26. The molecule has 1 aliphatic rings. The fourth-order valence-electron chi connectivity index (χ4n) is 2.96. The maximum atomic E-state index is 13.1. The zero-order chi connectivity index (χ0) is 15.5. The van der Waals surface area contributed by atoms with Crippen molar-refractivity contribution in [2.45, 2.75) is 31.6 Å². The molecule has 0 bridgehead atoms. The summed E-state index contributed by atoms with van der Waals surface area (Å²) in [5.41, 5.74) is 1.13. The number of thioether (sulfide) groups is 1. The van der Waals surface area contributed by atoms with Gasteiger partial charge in [-0.1, -0.05) is 37.3 Å². The quantitative estimate of drug-likeness (QED) is 0.800. The minimum Gasteiger partial charge on any atom is -0.324 e. The lowest BCUT2D eigenvalue weighted by Gasteiger charge is -2.27. The normalized spacial score (nSPS) is 19.4. The van der Waals surface area contributed by atoms with Crippen LogP contribution in [0, 0.1) is 6.92 Å². The van der Waals surface area contributed by atoms with Crippen molar-refractivity contribution in [3.8, 4) is 0 Å². The fourth-order valence-corrected chi connectivity index (χ4v) is 5.33. The van der Waals surface area contributed by atoms with Gasteiger partial charge in [-0.25, -0.2) is 0 Å². The van der Waals surface area contributed by atoms with Crippen molar-refractivity contribution < 1.29 is 4.79 Å². The Bertz CT molecular complexity index is 638. The molecule has 4 heteroatoms. The molecule has 3 rings (SSSR count). The van der Waals surface area contributed by atoms with Gasteiger partial charge in [-0.2, -0.15) is 0 Å². The van der Waals surface area contributed by atoms with Crippen LogP contribution in [0.25, 0.3) is 0 Å².